The van der Waals surface area contributed by atoms with Crippen LogP contribution in [0.5, 0.6) is 5.75 Å². The summed E-state index contributed by atoms with van der Waals surface area (Å²) in [6.45, 7) is 4.14. The summed E-state index contributed by atoms with van der Waals surface area (Å²) >= 11 is 1.46. The van der Waals surface area contributed by atoms with Gasteiger partial charge in [-0.2, -0.15) is 0 Å². The van der Waals surface area contributed by atoms with Crippen LogP contribution in [0.15, 0.2) is 66.3 Å². The Hall–Kier alpha value is -2.90. The zero-order valence-corrected chi connectivity index (χ0v) is 17.8. The van der Waals surface area contributed by atoms with Crippen molar-refractivity contribution >= 4 is 22.9 Å². The number of pyridine rings is 1. The number of carbonyl (C=O) groups excluding carboxylic acids is 1. The highest BCUT2D eigenvalue weighted by Crippen LogP contribution is 2.30. The molecule has 1 N–H and O–H groups in total. The molecule has 0 radical (unpaired) electrons. The Morgan fingerprint density at radius 3 is 2.67 bits per heavy atom. The SMILES string of the molecule is COc1ccccc1N1CCN(C(CNC(=O)c2cccs2)c2cccnc2)CC1. The summed E-state index contributed by atoms with van der Waals surface area (Å²) in [6, 6.07) is 16.0. The van der Waals surface area contributed by atoms with E-state index in [4.69, 9.17) is 4.74 Å². The average molecular weight is 423 g/mol. The fraction of sp³-hybridized carbons (Fsp3) is 0.304. The molecule has 0 spiro atoms. The molecule has 3 heterocycles. The second-order valence-corrected chi connectivity index (χ2v) is 8.13. The highest BCUT2D eigenvalue weighted by Gasteiger charge is 2.27. The van der Waals surface area contributed by atoms with Gasteiger partial charge in [0.25, 0.3) is 5.91 Å². The molecule has 156 valence electrons. The van der Waals surface area contributed by atoms with Crippen LogP contribution in [0.1, 0.15) is 21.3 Å². The van der Waals surface area contributed by atoms with E-state index in [1.165, 1.54) is 11.3 Å². The molecule has 1 unspecified atom stereocenters. The van der Waals surface area contributed by atoms with E-state index in [1.807, 2.05) is 48.0 Å². The van der Waals surface area contributed by atoms with Crippen LogP contribution in [0.3, 0.4) is 0 Å². The summed E-state index contributed by atoms with van der Waals surface area (Å²) in [6.07, 6.45) is 3.68. The number of methoxy groups -OCH3 is 1. The zero-order chi connectivity index (χ0) is 20.8. The number of rotatable bonds is 7. The molecule has 1 aromatic carbocycles. The highest BCUT2D eigenvalue weighted by atomic mass is 32.1. The smallest absolute Gasteiger partial charge is 0.261 e. The van der Waals surface area contributed by atoms with Gasteiger partial charge in [-0.1, -0.05) is 24.3 Å². The van der Waals surface area contributed by atoms with Gasteiger partial charge < -0.3 is 15.0 Å². The van der Waals surface area contributed by atoms with Crippen LogP contribution >= 0.6 is 11.3 Å². The molecule has 2 aromatic heterocycles. The van der Waals surface area contributed by atoms with E-state index in [2.05, 4.69) is 32.2 Å². The number of para-hydroxylation sites is 2. The predicted octanol–water partition coefficient (Wildman–Crippen LogP) is 3.45. The number of carbonyl (C=O) groups is 1. The Balaban J connectivity index is 1.45. The third-order valence-electron chi connectivity index (χ3n) is 5.45. The summed E-state index contributed by atoms with van der Waals surface area (Å²) in [5.74, 6) is 0.879. The third-order valence-corrected chi connectivity index (χ3v) is 6.32. The van der Waals surface area contributed by atoms with Crippen LogP contribution in [-0.2, 0) is 0 Å². The lowest BCUT2D eigenvalue weighted by Crippen LogP contribution is -2.50. The molecule has 30 heavy (non-hydrogen) atoms. The number of amides is 1. The van der Waals surface area contributed by atoms with Gasteiger partial charge in [0.05, 0.1) is 23.7 Å². The van der Waals surface area contributed by atoms with Crippen LogP contribution in [-0.4, -0.2) is 55.6 Å². The average Bonchev–Trinajstić information content (AvgIpc) is 3.35. The Labute approximate surface area is 181 Å². The number of hydrogen-bond acceptors (Lipinski definition) is 6. The van der Waals surface area contributed by atoms with Crippen molar-refractivity contribution < 1.29 is 9.53 Å². The number of benzene rings is 1. The van der Waals surface area contributed by atoms with Crippen LogP contribution < -0.4 is 15.0 Å². The number of nitrogens with one attached hydrogen (secondary N) is 1. The van der Waals surface area contributed by atoms with Gasteiger partial charge in [0.2, 0.25) is 0 Å². The summed E-state index contributed by atoms with van der Waals surface area (Å²) < 4.78 is 5.53. The van der Waals surface area contributed by atoms with Gasteiger partial charge in [0, 0.05) is 45.1 Å². The number of ether oxygens (including phenoxy) is 1. The third kappa shape index (κ3) is 4.63. The molecule has 0 bridgehead atoms. The monoisotopic (exact) mass is 422 g/mol. The summed E-state index contributed by atoms with van der Waals surface area (Å²) in [4.78, 5) is 22.3. The summed E-state index contributed by atoms with van der Waals surface area (Å²) in [5, 5.41) is 5.03. The number of hydrogen-bond donors (Lipinski definition) is 1. The first-order valence-corrected chi connectivity index (χ1v) is 11.0. The van der Waals surface area contributed by atoms with Crippen molar-refractivity contribution in [3.8, 4) is 5.75 Å². The molecule has 6 nitrogen and oxygen atoms in total. The molecular formula is C23H26N4O2S. The first-order chi connectivity index (χ1) is 14.8. The molecule has 1 amide bonds. The van der Waals surface area contributed by atoms with Crippen molar-refractivity contribution in [2.45, 2.75) is 6.04 Å². The van der Waals surface area contributed by atoms with E-state index in [-0.39, 0.29) is 11.9 Å². The fourth-order valence-corrected chi connectivity index (χ4v) is 4.52. The van der Waals surface area contributed by atoms with Crippen molar-refractivity contribution in [3.63, 3.8) is 0 Å². The maximum absolute atomic E-state index is 12.5. The van der Waals surface area contributed by atoms with Gasteiger partial charge in [0.15, 0.2) is 0 Å². The standard InChI is InChI=1S/C23H26N4O2S/c1-29-21-8-3-2-7-19(21)26-11-13-27(14-12-26)20(18-6-4-10-24-16-18)17-25-23(28)22-9-5-15-30-22/h2-10,15-16,20H,11-14,17H2,1H3,(H,25,28). The molecular weight excluding hydrogens is 396 g/mol. The maximum Gasteiger partial charge on any atom is 0.261 e. The summed E-state index contributed by atoms with van der Waals surface area (Å²) in [7, 11) is 1.71. The summed E-state index contributed by atoms with van der Waals surface area (Å²) in [5.41, 5.74) is 2.25. The first kappa shape index (κ1) is 20.4. The second kappa shape index (κ2) is 9.73. The van der Waals surface area contributed by atoms with Crippen molar-refractivity contribution in [3.05, 3.63) is 76.7 Å². The molecule has 1 fully saturated rings. The first-order valence-electron chi connectivity index (χ1n) is 10.1. The number of thiophene rings is 1. The van der Waals surface area contributed by atoms with Gasteiger partial charge in [-0.3, -0.25) is 14.7 Å². The van der Waals surface area contributed by atoms with Crippen molar-refractivity contribution in [1.29, 1.82) is 0 Å². The van der Waals surface area contributed by atoms with Crippen molar-refractivity contribution in [2.24, 2.45) is 0 Å². The van der Waals surface area contributed by atoms with Crippen molar-refractivity contribution in [1.82, 2.24) is 15.2 Å². The van der Waals surface area contributed by atoms with Crippen molar-refractivity contribution in [2.75, 3.05) is 44.7 Å². The molecule has 0 aliphatic carbocycles. The topological polar surface area (TPSA) is 57.7 Å². The molecule has 7 heteroatoms. The molecule has 4 rings (SSSR count). The van der Waals surface area contributed by atoms with Gasteiger partial charge in [-0.05, 0) is 35.2 Å². The Morgan fingerprint density at radius 1 is 1.13 bits per heavy atom. The van der Waals surface area contributed by atoms with Crippen LogP contribution in [0.4, 0.5) is 5.69 Å². The molecule has 1 aliphatic rings. The van der Waals surface area contributed by atoms with Crippen LogP contribution in [0.25, 0.3) is 0 Å². The van der Waals surface area contributed by atoms with E-state index in [0.717, 1.165) is 48.1 Å². The number of anilines is 1. The number of piperazine rings is 1. The zero-order valence-electron chi connectivity index (χ0n) is 17.0. The van der Waals surface area contributed by atoms with Crippen LogP contribution in [0.2, 0.25) is 0 Å². The maximum atomic E-state index is 12.5. The van der Waals surface area contributed by atoms with E-state index >= 15 is 0 Å². The Morgan fingerprint density at radius 2 is 1.97 bits per heavy atom. The minimum atomic E-state index is -0.0217. The minimum absolute atomic E-state index is 0.0217. The molecule has 3 aromatic rings. The van der Waals surface area contributed by atoms with E-state index in [9.17, 15) is 4.79 Å². The molecule has 1 saturated heterocycles. The van der Waals surface area contributed by atoms with Gasteiger partial charge in [-0.25, -0.2) is 0 Å². The highest BCUT2D eigenvalue weighted by molar-refractivity contribution is 7.12. The Bertz CT molecular complexity index is 941. The largest absolute Gasteiger partial charge is 0.495 e. The van der Waals surface area contributed by atoms with E-state index < -0.39 is 0 Å². The number of nitrogens with zero attached hydrogens (tertiary/aromatic N) is 3. The number of aromatic nitrogens is 1. The normalized spacial score (nSPS) is 15.6. The lowest BCUT2D eigenvalue weighted by molar-refractivity contribution is 0.0934. The molecule has 0 saturated carbocycles. The Kier molecular flexibility index (Phi) is 6.61. The van der Waals surface area contributed by atoms with Crippen LogP contribution in [0, 0.1) is 0 Å². The molecule has 1 aliphatic heterocycles. The quantitative estimate of drug-likeness (QED) is 0.632. The fourth-order valence-electron chi connectivity index (χ4n) is 3.88. The van der Waals surface area contributed by atoms with Gasteiger partial charge in [-0.15, -0.1) is 11.3 Å². The minimum Gasteiger partial charge on any atom is -0.495 e. The van der Waals surface area contributed by atoms with Gasteiger partial charge >= 0.3 is 0 Å². The lowest BCUT2D eigenvalue weighted by Gasteiger charge is -2.40. The van der Waals surface area contributed by atoms with E-state index in [1.54, 1.807) is 13.3 Å². The van der Waals surface area contributed by atoms with Gasteiger partial charge in [0.1, 0.15) is 5.75 Å². The second-order valence-electron chi connectivity index (χ2n) is 7.18. The lowest BCUT2D eigenvalue weighted by atomic mass is 10.1. The predicted molar refractivity (Wildman–Crippen MR) is 120 cm³/mol. The van der Waals surface area contributed by atoms with E-state index in [0.29, 0.717) is 6.54 Å². The molecule has 1 atom stereocenters.